The highest BCUT2D eigenvalue weighted by Crippen LogP contribution is 2.29. The Hall–Kier alpha value is -1.55. The normalized spacial score (nSPS) is 13.7. The van der Waals surface area contributed by atoms with E-state index >= 15 is 0 Å². The van der Waals surface area contributed by atoms with E-state index in [-0.39, 0.29) is 12.6 Å². The highest BCUT2D eigenvalue weighted by Gasteiger charge is 2.32. The van der Waals surface area contributed by atoms with Crippen molar-refractivity contribution in [3.05, 3.63) is 48.0 Å². The molecule has 4 heteroatoms. The van der Waals surface area contributed by atoms with Crippen molar-refractivity contribution in [1.82, 2.24) is 0 Å². The van der Waals surface area contributed by atoms with Gasteiger partial charge in [0, 0.05) is 12.2 Å². The maximum absolute atomic E-state index is 12.5. The lowest BCUT2D eigenvalue weighted by Gasteiger charge is -2.23. The van der Waals surface area contributed by atoms with Gasteiger partial charge in [-0.15, -0.1) is 11.8 Å². The van der Waals surface area contributed by atoms with Crippen LogP contribution in [0.2, 0.25) is 0 Å². The third-order valence-electron chi connectivity index (χ3n) is 3.42. The highest BCUT2D eigenvalue weighted by molar-refractivity contribution is 8.01. The van der Waals surface area contributed by atoms with Gasteiger partial charge < -0.3 is 9.53 Å². The Bertz CT molecular complexity index is 499. The van der Waals surface area contributed by atoms with Gasteiger partial charge in [0.05, 0.1) is 0 Å². The summed E-state index contributed by atoms with van der Waals surface area (Å²) in [7, 11) is 0. The van der Waals surface area contributed by atoms with Crippen LogP contribution in [0, 0.1) is 0 Å². The fourth-order valence-corrected chi connectivity index (χ4v) is 3.00. The summed E-state index contributed by atoms with van der Waals surface area (Å²) in [5, 5.41) is 0. The van der Waals surface area contributed by atoms with Crippen LogP contribution in [0.4, 0.5) is 0 Å². The first-order chi connectivity index (χ1) is 11.1. The predicted octanol–water partition coefficient (Wildman–Crippen LogP) is 4.56. The van der Waals surface area contributed by atoms with Crippen LogP contribution in [0.1, 0.15) is 45.1 Å². The summed E-state index contributed by atoms with van der Waals surface area (Å²) in [6.07, 6.45) is 8.46. The molecular weight excluding hydrogens is 308 g/mol. The molecule has 0 aliphatic carbocycles. The molecule has 0 saturated heterocycles. The minimum atomic E-state index is -0.745. The maximum atomic E-state index is 12.5. The number of esters is 1. The second kappa shape index (κ2) is 11.1. The first kappa shape index (κ1) is 19.5. The Morgan fingerprint density at radius 3 is 2.65 bits per heavy atom. The SMILES string of the molecule is CCCC/C=C/[C@@](C)(SCCC=O)C(=O)OCc1ccccc1. The molecule has 1 rings (SSSR count). The molecule has 0 aliphatic heterocycles. The molecular formula is C19H26O3S. The summed E-state index contributed by atoms with van der Waals surface area (Å²) in [5.41, 5.74) is 0.969. The number of hydrogen-bond acceptors (Lipinski definition) is 4. The Labute approximate surface area is 143 Å². The first-order valence-electron chi connectivity index (χ1n) is 8.09. The van der Waals surface area contributed by atoms with Crippen molar-refractivity contribution in [2.45, 2.75) is 50.9 Å². The van der Waals surface area contributed by atoms with Gasteiger partial charge in [-0.1, -0.05) is 62.2 Å². The number of unbranched alkanes of at least 4 members (excludes halogenated alkanes) is 2. The van der Waals surface area contributed by atoms with Gasteiger partial charge in [0.15, 0.2) is 0 Å². The van der Waals surface area contributed by atoms with Crippen molar-refractivity contribution in [1.29, 1.82) is 0 Å². The van der Waals surface area contributed by atoms with Crippen molar-refractivity contribution in [3.8, 4) is 0 Å². The molecule has 0 unspecified atom stereocenters. The fourth-order valence-electron chi connectivity index (χ4n) is 1.99. The predicted molar refractivity (Wildman–Crippen MR) is 96.4 cm³/mol. The number of thioether (sulfide) groups is 1. The Morgan fingerprint density at radius 2 is 2.00 bits per heavy atom. The van der Waals surface area contributed by atoms with Crippen molar-refractivity contribution in [2.24, 2.45) is 0 Å². The van der Waals surface area contributed by atoms with Crippen LogP contribution in [0.3, 0.4) is 0 Å². The molecule has 0 heterocycles. The summed E-state index contributed by atoms with van der Waals surface area (Å²) in [5.74, 6) is 0.350. The number of carbonyl (C=O) groups is 2. The van der Waals surface area contributed by atoms with Crippen LogP contribution >= 0.6 is 11.8 Å². The molecule has 0 N–H and O–H groups in total. The lowest BCUT2D eigenvalue weighted by molar-refractivity contribution is -0.146. The molecule has 1 aromatic carbocycles. The zero-order valence-electron chi connectivity index (χ0n) is 14.0. The van der Waals surface area contributed by atoms with Crippen molar-refractivity contribution < 1.29 is 14.3 Å². The number of rotatable bonds is 11. The van der Waals surface area contributed by atoms with E-state index in [1.165, 1.54) is 11.8 Å². The van der Waals surface area contributed by atoms with E-state index in [1.54, 1.807) is 0 Å². The van der Waals surface area contributed by atoms with Gasteiger partial charge >= 0.3 is 5.97 Å². The van der Waals surface area contributed by atoms with Crippen LogP contribution in [-0.4, -0.2) is 22.8 Å². The smallest absolute Gasteiger partial charge is 0.326 e. The number of benzene rings is 1. The van der Waals surface area contributed by atoms with E-state index in [2.05, 4.69) is 6.92 Å². The monoisotopic (exact) mass is 334 g/mol. The zero-order chi connectivity index (χ0) is 17.0. The molecule has 0 saturated carbocycles. The Balaban J connectivity index is 2.66. The van der Waals surface area contributed by atoms with E-state index < -0.39 is 4.75 Å². The Morgan fingerprint density at radius 1 is 1.26 bits per heavy atom. The minimum absolute atomic E-state index is 0.259. The molecule has 3 nitrogen and oxygen atoms in total. The topological polar surface area (TPSA) is 43.4 Å². The largest absolute Gasteiger partial charge is 0.460 e. The van der Waals surface area contributed by atoms with Gasteiger partial charge in [0.2, 0.25) is 0 Å². The number of ether oxygens (including phenoxy) is 1. The lowest BCUT2D eigenvalue weighted by Crippen LogP contribution is -2.32. The molecule has 0 aromatic heterocycles. The highest BCUT2D eigenvalue weighted by atomic mass is 32.2. The average molecular weight is 334 g/mol. The van der Waals surface area contributed by atoms with E-state index in [4.69, 9.17) is 4.74 Å². The van der Waals surface area contributed by atoms with Crippen molar-refractivity contribution in [3.63, 3.8) is 0 Å². The van der Waals surface area contributed by atoms with Gasteiger partial charge in [-0.2, -0.15) is 0 Å². The fraction of sp³-hybridized carbons (Fsp3) is 0.474. The molecule has 0 spiro atoms. The lowest BCUT2D eigenvalue weighted by atomic mass is 10.1. The maximum Gasteiger partial charge on any atom is 0.326 e. The molecule has 0 fully saturated rings. The first-order valence-corrected chi connectivity index (χ1v) is 9.07. The Kier molecular flexibility index (Phi) is 9.37. The van der Waals surface area contributed by atoms with E-state index in [9.17, 15) is 9.59 Å². The van der Waals surface area contributed by atoms with Gasteiger partial charge in [0.1, 0.15) is 17.6 Å². The van der Waals surface area contributed by atoms with E-state index in [1.807, 2.05) is 49.4 Å². The molecule has 1 atom stereocenters. The summed E-state index contributed by atoms with van der Waals surface area (Å²) < 4.78 is 4.74. The third-order valence-corrected chi connectivity index (χ3v) is 4.76. The molecule has 0 aliphatic rings. The zero-order valence-corrected chi connectivity index (χ0v) is 14.8. The molecule has 0 radical (unpaired) electrons. The molecule has 126 valence electrons. The van der Waals surface area contributed by atoms with E-state index in [0.717, 1.165) is 31.1 Å². The number of aldehydes is 1. The molecule has 0 amide bonds. The van der Waals surface area contributed by atoms with Gasteiger partial charge in [0.25, 0.3) is 0 Å². The second-order valence-corrected chi connectivity index (χ2v) is 7.06. The number of allylic oxidation sites excluding steroid dienone is 1. The van der Waals surface area contributed by atoms with Crippen LogP contribution in [0.25, 0.3) is 0 Å². The molecule has 1 aromatic rings. The summed E-state index contributed by atoms with van der Waals surface area (Å²) in [6.45, 7) is 4.27. The minimum Gasteiger partial charge on any atom is -0.460 e. The van der Waals surface area contributed by atoms with Crippen LogP contribution in [0.5, 0.6) is 0 Å². The van der Waals surface area contributed by atoms with Gasteiger partial charge in [-0.05, 0) is 18.9 Å². The molecule has 23 heavy (non-hydrogen) atoms. The van der Waals surface area contributed by atoms with E-state index in [0.29, 0.717) is 12.2 Å². The summed E-state index contributed by atoms with van der Waals surface area (Å²) in [4.78, 5) is 23.0. The van der Waals surface area contributed by atoms with Gasteiger partial charge in [-0.3, -0.25) is 4.79 Å². The van der Waals surface area contributed by atoms with Crippen molar-refractivity contribution >= 4 is 24.0 Å². The van der Waals surface area contributed by atoms with Crippen molar-refractivity contribution in [2.75, 3.05) is 5.75 Å². The quantitative estimate of drug-likeness (QED) is 0.257. The number of carbonyl (C=O) groups excluding carboxylic acids is 2. The number of hydrogen-bond donors (Lipinski definition) is 0. The van der Waals surface area contributed by atoms with Gasteiger partial charge in [-0.25, -0.2) is 0 Å². The summed E-state index contributed by atoms with van der Waals surface area (Å²) >= 11 is 1.46. The average Bonchev–Trinajstić information content (AvgIpc) is 2.58. The third kappa shape index (κ3) is 7.51. The standard InChI is InChI=1S/C19H26O3S/c1-3-4-5-9-13-19(2,23-15-10-14-20)18(21)22-16-17-11-7-6-8-12-17/h6-9,11-14H,3-5,10,15-16H2,1-2H3/b13-9+/t19-/m1/s1. The summed E-state index contributed by atoms with van der Waals surface area (Å²) in [6, 6.07) is 9.64. The molecule has 0 bridgehead atoms. The van der Waals surface area contributed by atoms with Crippen LogP contribution < -0.4 is 0 Å². The van der Waals surface area contributed by atoms with Crippen LogP contribution in [-0.2, 0) is 20.9 Å². The van der Waals surface area contributed by atoms with Crippen LogP contribution in [0.15, 0.2) is 42.5 Å². The second-order valence-electron chi connectivity index (χ2n) is 5.52.